The molecule has 0 radical (unpaired) electrons. The standard InChI is InChI=1S/C42H85NO.C3H6/c1-4-7-10-13-20-27-34-41(35-28-21-14-11-8-5-2)36-29-22-19-26-33-40-43-39-32-25-18-16-17-24-31-38-42(44)37-30-23-15-12-9-6-3;1-3-2/h41,43H,4-40H2,1-3H3;3H,1H2,2H3. The maximum absolute atomic E-state index is 12.0. The average Bonchev–Trinajstić information content (AvgIpc) is 3.07. The van der Waals surface area contributed by atoms with Gasteiger partial charge in [0.25, 0.3) is 0 Å². The lowest BCUT2D eigenvalue weighted by atomic mass is 9.89. The molecule has 0 aliphatic carbocycles. The Morgan fingerprint density at radius 2 is 0.702 bits per heavy atom. The van der Waals surface area contributed by atoms with Crippen molar-refractivity contribution in [2.24, 2.45) is 5.92 Å². The lowest BCUT2D eigenvalue weighted by molar-refractivity contribution is -0.119. The van der Waals surface area contributed by atoms with E-state index in [2.05, 4.69) is 32.7 Å². The van der Waals surface area contributed by atoms with E-state index in [0.29, 0.717) is 5.78 Å². The predicted octanol–water partition coefficient (Wildman–Crippen LogP) is 15.7. The van der Waals surface area contributed by atoms with Crippen LogP contribution in [0.15, 0.2) is 12.7 Å². The molecule has 0 saturated heterocycles. The third kappa shape index (κ3) is 45.4. The van der Waals surface area contributed by atoms with Crippen molar-refractivity contribution in [3.63, 3.8) is 0 Å². The van der Waals surface area contributed by atoms with Crippen LogP contribution in [0.4, 0.5) is 0 Å². The minimum atomic E-state index is 0.512. The van der Waals surface area contributed by atoms with Crippen molar-refractivity contribution in [3.05, 3.63) is 12.7 Å². The van der Waals surface area contributed by atoms with Crippen LogP contribution in [-0.2, 0) is 4.79 Å². The molecule has 0 aromatic carbocycles. The largest absolute Gasteiger partial charge is 0.317 e. The maximum Gasteiger partial charge on any atom is 0.132 e. The highest BCUT2D eigenvalue weighted by atomic mass is 16.1. The Kier molecular flexibility index (Phi) is 46.8. The number of allylic oxidation sites excluding steroid dienone is 1. The van der Waals surface area contributed by atoms with Gasteiger partial charge in [-0.2, -0.15) is 0 Å². The second-order valence-electron chi connectivity index (χ2n) is 15.0. The highest BCUT2D eigenvalue weighted by molar-refractivity contribution is 5.78. The van der Waals surface area contributed by atoms with Crippen LogP contribution in [0.3, 0.4) is 0 Å². The molecule has 0 saturated carbocycles. The molecule has 0 aliphatic heterocycles. The molecule has 0 bridgehead atoms. The van der Waals surface area contributed by atoms with E-state index >= 15 is 0 Å². The zero-order valence-corrected chi connectivity index (χ0v) is 33.4. The molecule has 0 amide bonds. The van der Waals surface area contributed by atoms with Gasteiger partial charge in [0, 0.05) is 12.8 Å². The summed E-state index contributed by atoms with van der Waals surface area (Å²) in [7, 11) is 0. The zero-order valence-electron chi connectivity index (χ0n) is 33.4. The van der Waals surface area contributed by atoms with Gasteiger partial charge in [0.2, 0.25) is 0 Å². The molecule has 0 aromatic heterocycles. The lowest BCUT2D eigenvalue weighted by Crippen LogP contribution is -2.16. The van der Waals surface area contributed by atoms with Gasteiger partial charge in [-0.25, -0.2) is 0 Å². The fourth-order valence-electron chi connectivity index (χ4n) is 6.88. The van der Waals surface area contributed by atoms with Gasteiger partial charge >= 0.3 is 0 Å². The van der Waals surface area contributed by atoms with Crippen LogP contribution in [0.2, 0.25) is 0 Å². The number of unbranched alkanes of at least 4 members (excludes halogenated alkanes) is 25. The van der Waals surface area contributed by atoms with Crippen molar-refractivity contribution in [3.8, 4) is 0 Å². The predicted molar refractivity (Wildman–Crippen MR) is 216 cm³/mol. The van der Waals surface area contributed by atoms with E-state index < -0.39 is 0 Å². The van der Waals surface area contributed by atoms with Gasteiger partial charge in [0.1, 0.15) is 5.78 Å². The van der Waals surface area contributed by atoms with Gasteiger partial charge in [-0.1, -0.05) is 213 Å². The molecule has 0 aromatic rings. The summed E-state index contributed by atoms with van der Waals surface area (Å²) in [6.45, 7) is 14.6. The van der Waals surface area contributed by atoms with Crippen LogP contribution in [0.1, 0.15) is 252 Å². The minimum absolute atomic E-state index is 0.512. The van der Waals surface area contributed by atoms with Gasteiger partial charge in [0.15, 0.2) is 0 Å². The van der Waals surface area contributed by atoms with Crippen LogP contribution < -0.4 is 5.32 Å². The molecule has 1 N–H and O–H groups in total. The lowest BCUT2D eigenvalue weighted by Gasteiger charge is -2.17. The Hall–Kier alpha value is -0.630. The Morgan fingerprint density at radius 1 is 0.447 bits per heavy atom. The highest BCUT2D eigenvalue weighted by Crippen LogP contribution is 2.24. The second kappa shape index (κ2) is 45.4. The highest BCUT2D eigenvalue weighted by Gasteiger charge is 2.09. The Morgan fingerprint density at radius 3 is 1.02 bits per heavy atom. The topological polar surface area (TPSA) is 29.1 Å². The molecule has 0 rings (SSSR count). The minimum Gasteiger partial charge on any atom is -0.317 e. The van der Waals surface area contributed by atoms with Crippen molar-refractivity contribution >= 4 is 5.78 Å². The summed E-state index contributed by atoms with van der Waals surface area (Å²) in [5.74, 6) is 1.52. The van der Waals surface area contributed by atoms with Gasteiger partial charge in [0.05, 0.1) is 0 Å². The molecule has 2 heteroatoms. The molecule has 0 atom stereocenters. The first kappa shape index (κ1) is 48.5. The first-order valence-electron chi connectivity index (χ1n) is 22.0. The summed E-state index contributed by atoms with van der Waals surface area (Å²) >= 11 is 0. The first-order chi connectivity index (χ1) is 23.2. The van der Waals surface area contributed by atoms with E-state index in [1.807, 2.05) is 6.92 Å². The molecule has 2 nitrogen and oxygen atoms in total. The number of carbonyl (C=O) groups is 1. The normalized spacial score (nSPS) is 11.2. The molecular formula is C45H91NO. The summed E-state index contributed by atoms with van der Waals surface area (Å²) in [6.07, 6.45) is 49.2. The first-order valence-corrected chi connectivity index (χ1v) is 22.0. The van der Waals surface area contributed by atoms with Gasteiger partial charge in [-0.05, 0) is 51.6 Å². The molecule has 0 heterocycles. The number of ketones is 1. The van der Waals surface area contributed by atoms with Crippen molar-refractivity contribution in [1.82, 2.24) is 5.32 Å². The van der Waals surface area contributed by atoms with E-state index in [1.54, 1.807) is 6.08 Å². The molecule has 0 spiro atoms. The summed E-state index contributed by atoms with van der Waals surface area (Å²) in [4.78, 5) is 12.0. The molecular weight excluding hydrogens is 571 g/mol. The number of rotatable bonds is 39. The van der Waals surface area contributed by atoms with E-state index in [9.17, 15) is 4.79 Å². The number of Topliss-reactive ketones (excluding diaryl/α,β-unsaturated/α-hetero) is 1. The van der Waals surface area contributed by atoms with E-state index in [-0.39, 0.29) is 0 Å². The maximum atomic E-state index is 12.0. The van der Waals surface area contributed by atoms with Gasteiger partial charge in [-0.3, -0.25) is 4.79 Å². The van der Waals surface area contributed by atoms with Crippen molar-refractivity contribution in [1.29, 1.82) is 0 Å². The van der Waals surface area contributed by atoms with Crippen molar-refractivity contribution in [2.45, 2.75) is 252 Å². The third-order valence-corrected chi connectivity index (χ3v) is 10.0. The van der Waals surface area contributed by atoms with E-state index in [0.717, 1.165) is 31.6 Å². The van der Waals surface area contributed by atoms with Gasteiger partial charge < -0.3 is 5.32 Å². The van der Waals surface area contributed by atoms with Gasteiger partial charge in [-0.15, -0.1) is 6.58 Å². The van der Waals surface area contributed by atoms with Crippen LogP contribution in [0.25, 0.3) is 0 Å². The molecule has 0 unspecified atom stereocenters. The van der Waals surface area contributed by atoms with E-state index in [4.69, 9.17) is 0 Å². The zero-order chi connectivity index (χ0) is 34.7. The molecule has 0 fully saturated rings. The van der Waals surface area contributed by atoms with Crippen LogP contribution in [-0.4, -0.2) is 18.9 Å². The fourth-order valence-corrected chi connectivity index (χ4v) is 6.88. The summed E-state index contributed by atoms with van der Waals surface area (Å²) in [6, 6.07) is 0. The summed E-state index contributed by atoms with van der Waals surface area (Å²) in [5, 5.41) is 3.69. The van der Waals surface area contributed by atoms with Crippen molar-refractivity contribution < 1.29 is 4.79 Å². The number of nitrogens with one attached hydrogen (secondary N) is 1. The van der Waals surface area contributed by atoms with Crippen LogP contribution in [0.5, 0.6) is 0 Å². The van der Waals surface area contributed by atoms with Crippen LogP contribution >= 0.6 is 0 Å². The Labute approximate surface area is 299 Å². The molecule has 47 heavy (non-hydrogen) atoms. The number of hydrogen-bond donors (Lipinski definition) is 1. The smallest absolute Gasteiger partial charge is 0.132 e. The fraction of sp³-hybridized carbons (Fsp3) is 0.933. The third-order valence-electron chi connectivity index (χ3n) is 10.0. The molecule has 0 aliphatic rings. The molecule has 282 valence electrons. The Balaban J connectivity index is 0. The van der Waals surface area contributed by atoms with Crippen molar-refractivity contribution in [2.75, 3.05) is 13.1 Å². The SMILES string of the molecule is C=CC.CCCCCCCCC(=O)CCCCCCCCCNCCCCCCCC(CCCCCCCC)CCCCCCCC. The second-order valence-corrected chi connectivity index (χ2v) is 15.0. The van der Waals surface area contributed by atoms with Crippen LogP contribution in [0, 0.1) is 5.92 Å². The summed E-state index contributed by atoms with van der Waals surface area (Å²) in [5.41, 5.74) is 0. The van der Waals surface area contributed by atoms with E-state index in [1.165, 1.54) is 212 Å². The average molecular weight is 662 g/mol. The Bertz CT molecular complexity index is 556. The quantitative estimate of drug-likeness (QED) is 0.0524. The number of hydrogen-bond acceptors (Lipinski definition) is 2. The monoisotopic (exact) mass is 662 g/mol. The number of carbonyl (C=O) groups excluding carboxylic acids is 1. The summed E-state index contributed by atoms with van der Waals surface area (Å²) < 4.78 is 0.